The van der Waals surface area contributed by atoms with Gasteiger partial charge < -0.3 is 20.1 Å². The van der Waals surface area contributed by atoms with Gasteiger partial charge in [0.1, 0.15) is 6.61 Å². The molecule has 0 aromatic carbocycles. The van der Waals surface area contributed by atoms with Gasteiger partial charge in [-0.2, -0.15) is 0 Å². The van der Waals surface area contributed by atoms with Gasteiger partial charge in [-0.25, -0.2) is 4.57 Å². The van der Waals surface area contributed by atoms with Crippen molar-refractivity contribution in [3.8, 4) is 0 Å². The number of allylic oxidation sites excluding steroid dienone is 10. The fraction of sp³-hybridized carbons (Fsp3) is 0.782. The first-order valence-corrected chi connectivity index (χ1v) is 28.3. The van der Waals surface area contributed by atoms with Gasteiger partial charge in [-0.15, -0.1) is 0 Å². The van der Waals surface area contributed by atoms with Crippen LogP contribution in [0.1, 0.15) is 245 Å². The first-order valence-electron chi connectivity index (χ1n) is 26.8. The molecule has 0 fully saturated rings. The first-order chi connectivity index (χ1) is 31.8. The molecule has 2 unspecified atom stereocenters. The van der Waals surface area contributed by atoms with Crippen molar-refractivity contribution in [3.63, 3.8) is 0 Å². The van der Waals surface area contributed by atoms with E-state index >= 15 is 0 Å². The number of hydrogen-bond donors (Lipinski definition) is 2. The van der Waals surface area contributed by atoms with E-state index in [1.807, 2.05) is 12.2 Å². The van der Waals surface area contributed by atoms with Crippen LogP contribution in [0.5, 0.6) is 0 Å². The lowest BCUT2D eigenvalue weighted by molar-refractivity contribution is -0.161. The molecule has 0 saturated heterocycles. The molecule has 0 aromatic rings. The molecule has 378 valence electrons. The van der Waals surface area contributed by atoms with Gasteiger partial charge in [-0.05, 0) is 64.2 Å². The van der Waals surface area contributed by atoms with E-state index in [0.29, 0.717) is 6.42 Å². The van der Waals surface area contributed by atoms with E-state index in [0.717, 1.165) is 44.9 Å². The van der Waals surface area contributed by atoms with Gasteiger partial charge in [-0.3, -0.25) is 18.6 Å². The Bertz CT molecular complexity index is 1250. The lowest BCUT2D eigenvalue weighted by Crippen LogP contribution is -2.29. The molecule has 10 heteroatoms. The summed E-state index contributed by atoms with van der Waals surface area (Å²) in [5, 5.41) is 0. The highest BCUT2D eigenvalue weighted by Crippen LogP contribution is 2.43. The normalized spacial score (nSPS) is 13.6. The molecular weight excluding hydrogens is 834 g/mol. The highest BCUT2D eigenvalue weighted by atomic mass is 31.2. The molecule has 0 aliphatic heterocycles. The Morgan fingerprint density at radius 1 is 0.477 bits per heavy atom. The van der Waals surface area contributed by atoms with E-state index in [9.17, 15) is 19.0 Å². The van der Waals surface area contributed by atoms with Crippen LogP contribution in [-0.2, 0) is 32.7 Å². The number of nitrogens with two attached hydrogens (primary N) is 1. The van der Waals surface area contributed by atoms with Crippen LogP contribution >= 0.6 is 7.82 Å². The maximum atomic E-state index is 12.6. The molecule has 0 aromatic heterocycles. The van der Waals surface area contributed by atoms with Crippen LogP contribution in [0.3, 0.4) is 0 Å². The number of carbonyl (C=O) groups excluding carboxylic acids is 2. The molecule has 0 saturated carbocycles. The van der Waals surface area contributed by atoms with Crippen LogP contribution in [0, 0.1) is 0 Å². The Morgan fingerprint density at radius 2 is 0.877 bits per heavy atom. The number of phosphoric ester groups is 1. The first kappa shape index (κ1) is 62.7. The molecule has 0 heterocycles. The second-order valence-electron chi connectivity index (χ2n) is 17.7. The van der Waals surface area contributed by atoms with Gasteiger partial charge >= 0.3 is 19.8 Å². The van der Waals surface area contributed by atoms with Crippen LogP contribution in [-0.4, -0.2) is 49.3 Å². The van der Waals surface area contributed by atoms with Crippen LogP contribution in [0.25, 0.3) is 0 Å². The van der Waals surface area contributed by atoms with Crippen LogP contribution in [0.4, 0.5) is 0 Å². The summed E-state index contributed by atoms with van der Waals surface area (Å²) >= 11 is 0. The summed E-state index contributed by atoms with van der Waals surface area (Å²) in [5.41, 5.74) is 5.35. The van der Waals surface area contributed by atoms with Crippen LogP contribution in [0.15, 0.2) is 60.8 Å². The maximum absolute atomic E-state index is 12.6. The number of esters is 2. The highest BCUT2D eigenvalue weighted by Gasteiger charge is 2.26. The smallest absolute Gasteiger partial charge is 0.462 e. The molecule has 0 rings (SSSR count). The van der Waals surface area contributed by atoms with Crippen molar-refractivity contribution in [2.24, 2.45) is 5.73 Å². The summed E-state index contributed by atoms with van der Waals surface area (Å²) in [4.78, 5) is 34.9. The number of hydrogen-bond acceptors (Lipinski definition) is 8. The minimum absolute atomic E-state index is 0.0417. The molecule has 9 nitrogen and oxygen atoms in total. The Labute approximate surface area is 399 Å². The fourth-order valence-electron chi connectivity index (χ4n) is 7.47. The summed E-state index contributed by atoms with van der Waals surface area (Å²) in [5.74, 6) is -0.918. The minimum Gasteiger partial charge on any atom is -0.462 e. The zero-order valence-corrected chi connectivity index (χ0v) is 42.9. The van der Waals surface area contributed by atoms with Gasteiger partial charge in [0.15, 0.2) is 6.10 Å². The maximum Gasteiger partial charge on any atom is 0.472 e. The van der Waals surface area contributed by atoms with Gasteiger partial charge in [-0.1, -0.05) is 229 Å². The van der Waals surface area contributed by atoms with E-state index in [1.54, 1.807) is 0 Å². The molecule has 0 bridgehead atoms. The average molecular weight is 934 g/mol. The third-order valence-corrected chi connectivity index (χ3v) is 12.4. The Balaban J connectivity index is 3.89. The third kappa shape index (κ3) is 51.0. The van der Waals surface area contributed by atoms with Crippen molar-refractivity contribution in [1.82, 2.24) is 0 Å². The molecule has 0 radical (unpaired) electrons. The topological polar surface area (TPSA) is 134 Å². The molecule has 0 aliphatic rings. The Morgan fingerprint density at radius 3 is 1.32 bits per heavy atom. The van der Waals surface area contributed by atoms with Crippen molar-refractivity contribution < 1.29 is 37.6 Å². The quantitative estimate of drug-likeness (QED) is 0.0265. The number of carbonyl (C=O) groups is 2. The molecule has 65 heavy (non-hydrogen) atoms. The molecule has 0 aliphatic carbocycles. The standard InChI is InChI=1S/C55H100NO8P/c1-3-5-7-9-11-13-15-17-18-19-20-21-22-23-24-25-26-27-28-29-30-31-32-33-34-36-37-39-41-43-45-47-54(57)61-51-53(52-63-65(59,60)62-50-49-56)64-55(58)48-46-44-42-40-38-35-16-14-12-10-8-6-4-2/h6,8,12,14,19-20,35,38,42,44,53H,3-5,7,9-11,13,15-18,21-34,36-37,39-41,43,45-52,56H2,1-2H3,(H,59,60)/b8-6-,14-12-,20-19-,38-35-,44-42-. The van der Waals surface area contributed by atoms with Crippen LogP contribution < -0.4 is 5.73 Å². The summed E-state index contributed by atoms with van der Waals surface area (Å²) in [7, 11) is -4.40. The highest BCUT2D eigenvalue weighted by molar-refractivity contribution is 7.47. The predicted octanol–water partition coefficient (Wildman–Crippen LogP) is 16.4. The minimum atomic E-state index is -4.40. The Kier molecular flexibility index (Phi) is 49.3. The molecule has 0 amide bonds. The largest absolute Gasteiger partial charge is 0.472 e. The monoisotopic (exact) mass is 934 g/mol. The van der Waals surface area contributed by atoms with Gasteiger partial charge in [0.2, 0.25) is 0 Å². The summed E-state index contributed by atoms with van der Waals surface area (Å²) < 4.78 is 32.8. The zero-order valence-electron chi connectivity index (χ0n) is 42.0. The zero-order chi connectivity index (χ0) is 47.4. The third-order valence-electron chi connectivity index (χ3n) is 11.4. The van der Waals surface area contributed by atoms with E-state index in [1.165, 1.54) is 167 Å². The molecule has 0 spiro atoms. The predicted molar refractivity (Wildman–Crippen MR) is 275 cm³/mol. The summed E-state index contributed by atoms with van der Waals surface area (Å²) in [6.45, 7) is 3.55. The van der Waals surface area contributed by atoms with Crippen molar-refractivity contribution in [2.45, 2.75) is 251 Å². The second-order valence-corrected chi connectivity index (χ2v) is 19.2. The average Bonchev–Trinajstić information content (AvgIpc) is 3.30. The molecule has 2 atom stereocenters. The van der Waals surface area contributed by atoms with Crippen molar-refractivity contribution >= 4 is 19.8 Å². The van der Waals surface area contributed by atoms with E-state index in [4.69, 9.17) is 24.3 Å². The SMILES string of the molecule is CC/C=C\C/C=C\C/C=C\C/C=C\CCC(=O)OC(COC(=O)CCCCCCCCCCCCCCCCCCCCC/C=C\CCCCCCCCCC)COP(=O)(O)OCCN. The fourth-order valence-corrected chi connectivity index (χ4v) is 8.23. The van der Waals surface area contributed by atoms with E-state index in [-0.39, 0.29) is 32.6 Å². The van der Waals surface area contributed by atoms with E-state index in [2.05, 4.69) is 62.5 Å². The van der Waals surface area contributed by atoms with Crippen molar-refractivity contribution in [2.75, 3.05) is 26.4 Å². The van der Waals surface area contributed by atoms with Gasteiger partial charge in [0.25, 0.3) is 0 Å². The van der Waals surface area contributed by atoms with Gasteiger partial charge in [0.05, 0.1) is 13.2 Å². The summed E-state index contributed by atoms with van der Waals surface area (Å²) in [6, 6.07) is 0. The number of rotatable bonds is 50. The van der Waals surface area contributed by atoms with Crippen molar-refractivity contribution in [3.05, 3.63) is 60.8 Å². The lowest BCUT2D eigenvalue weighted by Gasteiger charge is -2.19. The van der Waals surface area contributed by atoms with Crippen molar-refractivity contribution in [1.29, 1.82) is 0 Å². The lowest BCUT2D eigenvalue weighted by atomic mass is 10.0. The van der Waals surface area contributed by atoms with Crippen LogP contribution in [0.2, 0.25) is 0 Å². The summed E-state index contributed by atoms with van der Waals surface area (Å²) in [6.07, 6.45) is 63.2. The van der Waals surface area contributed by atoms with Gasteiger partial charge in [0, 0.05) is 19.4 Å². The Hall–Kier alpha value is -2.29. The second kappa shape index (κ2) is 51.1. The molecular formula is C55H100NO8P. The number of unbranched alkanes of at least 4 members (excludes halogenated alkanes) is 27. The number of phosphoric acid groups is 1. The van der Waals surface area contributed by atoms with E-state index < -0.39 is 32.5 Å². The number of ether oxygens (including phenoxy) is 2. The molecule has 3 N–H and O–H groups in total.